The smallest absolute Gasteiger partial charge is 0.332 e. The molecule has 3 saturated heterocycles. The molecule has 9 heteroatoms. The van der Waals surface area contributed by atoms with Crippen LogP contribution in [0.1, 0.15) is 122 Å². The lowest BCUT2D eigenvalue weighted by molar-refractivity contribution is -0.187. The second-order valence-corrected chi connectivity index (χ2v) is 17.4. The van der Waals surface area contributed by atoms with Crippen LogP contribution in [0.15, 0.2) is 0 Å². The standard InChI is InChI=1S/C34H61N3O6/c1-29(2)16-22(17-30(3,4)35(29)13)41-26(38)25(27(39)42-23-18-31(5,6)36(14)32(7,8)19-23)28(40)43-24-20-33(9,10)37(15)34(11,12)21-24/h22-25H,16-21H2,1-15H3. The monoisotopic (exact) mass is 607 g/mol. The van der Waals surface area contributed by atoms with Gasteiger partial charge in [0.05, 0.1) is 0 Å². The normalized spacial score (nSPS) is 27.9. The summed E-state index contributed by atoms with van der Waals surface area (Å²) < 4.78 is 18.0. The van der Waals surface area contributed by atoms with Gasteiger partial charge in [0.2, 0.25) is 0 Å². The molecule has 3 fully saturated rings. The van der Waals surface area contributed by atoms with Crippen LogP contribution in [0.4, 0.5) is 0 Å². The van der Waals surface area contributed by atoms with Gasteiger partial charge < -0.3 is 14.2 Å². The van der Waals surface area contributed by atoms with E-state index < -0.39 is 42.1 Å². The quantitative estimate of drug-likeness (QED) is 0.230. The third-order valence-corrected chi connectivity index (χ3v) is 11.4. The molecule has 0 unspecified atom stereocenters. The van der Waals surface area contributed by atoms with Crippen molar-refractivity contribution >= 4 is 17.9 Å². The van der Waals surface area contributed by atoms with Crippen molar-refractivity contribution in [2.75, 3.05) is 21.1 Å². The Morgan fingerprint density at radius 3 is 0.767 bits per heavy atom. The maximum absolute atomic E-state index is 13.8. The lowest BCUT2D eigenvalue weighted by atomic mass is 9.78. The number of likely N-dealkylation sites (tertiary alicyclic amines) is 3. The lowest BCUT2D eigenvalue weighted by Gasteiger charge is -2.53. The summed E-state index contributed by atoms with van der Waals surface area (Å²) >= 11 is 0. The number of nitrogens with zero attached hydrogens (tertiary/aromatic N) is 3. The largest absolute Gasteiger partial charge is 0.461 e. The summed E-state index contributed by atoms with van der Waals surface area (Å²) in [5.41, 5.74) is -1.42. The topological polar surface area (TPSA) is 88.6 Å². The Bertz CT molecular complexity index is 891. The molecule has 0 aromatic rings. The summed E-state index contributed by atoms with van der Waals surface area (Å²) in [6.45, 7) is 25.4. The highest BCUT2D eigenvalue weighted by molar-refractivity contribution is 6.12. The van der Waals surface area contributed by atoms with E-state index in [1.165, 1.54) is 0 Å². The van der Waals surface area contributed by atoms with E-state index in [-0.39, 0.29) is 33.2 Å². The first-order valence-corrected chi connectivity index (χ1v) is 16.1. The van der Waals surface area contributed by atoms with Gasteiger partial charge in [0.1, 0.15) is 18.3 Å². The molecule has 9 nitrogen and oxygen atoms in total. The van der Waals surface area contributed by atoms with Gasteiger partial charge in [-0.3, -0.25) is 29.1 Å². The Kier molecular flexibility index (Phi) is 9.63. The van der Waals surface area contributed by atoms with Crippen molar-refractivity contribution < 1.29 is 28.6 Å². The number of esters is 3. The number of hydrogen-bond acceptors (Lipinski definition) is 9. The van der Waals surface area contributed by atoms with Crippen molar-refractivity contribution in [2.24, 2.45) is 5.92 Å². The fourth-order valence-corrected chi connectivity index (χ4v) is 8.07. The Hall–Kier alpha value is -1.71. The summed E-state index contributed by atoms with van der Waals surface area (Å²) in [6.07, 6.45) is 2.19. The molecule has 0 aromatic heterocycles. The molecule has 3 aliphatic rings. The predicted molar refractivity (Wildman–Crippen MR) is 169 cm³/mol. The van der Waals surface area contributed by atoms with Crippen molar-refractivity contribution in [3.05, 3.63) is 0 Å². The number of rotatable bonds is 6. The molecule has 3 rings (SSSR count). The van der Waals surface area contributed by atoms with Gasteiger partial charge in [-0.1, -0.05) is 0 Å². The summed E-state index contributed by atoms with van der Waals surface area (Å²) in [6, 6.07) is 0. The predicted octanol–water partition coefficient (Wildman–Crippen LogP) is 5.19. The molecule has 0 aromatic carbocycles. The van der Waals surface area contributed by atoms with Crippen LogP contribution in [0.3, 0.4) is 0 Å². The molecule has 0 N–H and O–H groups in total. The van der Waals surface area contributed by atoms with Crippen LogP contribution < -0.4 is 0 Å². The zero-order chi connectivity index (χ0) is 33.1. The molecule has 0 atom stereocenters. The van der Waals surface area contributed by atoms with Crippen LogP contribution in [0.25, 0.3) is 0 Å². The molecule has 0 amide bonds. The van der Waals surface area contributed by atoms with Crippen molar-refractivity contribution in [3.63, 3.8) is 0 Å². The van der Waals surface area contributed by atoms with E-state index in [1.807, 2.05) is 0 Å². The highest BCUT2D eigenvalue weighted by Gasteiger charge is 2.51. The van der Waals surface area contributed by atoms with Gasteiger partial charge in [0, 0.05) is 71.8 Å². The first-order valence-electron chi connectivity index (χ1n) is 16.1. The SMILES string of the molecule is CN1C(C)(C)CC(OC(=O)C(C(=O)OC2CC(C)(C)N(C)C(C)(C)C2)C(=O)OC2CC(C)(C)N(C)C(C)(C)C2)CC1(C)C. The molecular weight excluding hydrogens is 546 g/mol. The van der Waals surface area contributed by atoms with Crippen LogP contribution >= 0.6 is 0 Å². The van der Waals surface area contributed by atoms with Crippen molar-refractivity contribution in [2.45, 2.75) is 173 Å². The minimum atomic E-state index is -1.79. The highest BCUT2D eigenvalue weighted by Crippen LogP contribution is 2.41. The van der Waals surface area contributed by atoms with Crippen LogP contribution in [0.5, 0.6) is 0 Å². The molecule has 0 spiro atoms. The van der Waals surface area contributed by atoms with Gasteiger partial charge in [0.25, 0.3) is 5.92 Å². The Balaban J connectivity index is 1.87. The first kappa shape index (κ1) is 35.8. The second-order valence-electron chi connectivity index (χ2n) is 17.4. The number of carbonyl (C=O) groups is 3. The van der Waals surface area contributed by atoms with Gasteiger partial charge >= 0.3 is 17.9 Å². The average molecular weight is 608 g/mol. The van der Waals surface area contributed by atoms with Gasteiger partial charge in [-0.25, -0.2) is 0 Å². The maximum atomic E-state index is 13.8. The third kappa shape index (κ3) is 7.58. The minimum absolute atomic E-state index is 0.236. The molecule has 3 heterocycles. The summed E-state index contributed by atoms with van der Waals surface area (Å²) in [5.74, 6) is -4.43. The Morgan fingerprint density at radius 1 is 0.442 bits per heavy atom. The van der Waals surface area contributed by atoms with Crippen LogP contribution in [-0.4, -0.2) is 105 Å². The maximum Gasteiger partial charge on any atom is 0.332 e. The van der Waals surface area contributed by atoms with Crippen molar-refractivity contribution in [1.82, 2.24) is 14.7 Å². The zero-order valence-electron chi connectivity index (χ0n) is 29.8. The second kappa shape index (κ2) is 11.6. The molecular formula is C34H61N3O6. The lowest BCUT2D eigenvalue weighted by Crippen LogP contribution is -2.61. The van der Waals surface area contributed by atoms with Gasteiger partial charge in [0.15, 0.2) is 0 Å². The number of hydrogen-bond donors (Lipinski definition) is 0. The zero-order valence-corrected chi connectivity index (χ0v) is 29.8. The molecule has 248 valence electrons. The highest BCUT2D eigenvalue weighted by atomic mass is 16.6. The first-order chi connectivity index (χ1) is 19.2. The molecule has 0 saturated carbocycles. The molecule has 0 aliphatic carbocycles. The fraction of sp³-hybridized carbons (Fsp3) is 0.912. The van der Waals surface area contributed by atoms with Gasteiger partial charge in [-0.15, -0.1) is 0 Å². The number of ether oxygens (including phenoxy) is 3. The van der Waals surface area contributed by atoms with Crippen molar-refractivity contribution in [1.29, 1.82) is 0 Å². The Morgan fingerprint density at radius 2 is 0.605 bits per heavy atom. The summed E-state index contributed by atoms with van der Waals surface area (Å²) in [4.78, 5) is 48.4. The Labute approximate surface area is 261 Å². The molecule has 0 radical (unpaired) electrons. The molecule has 43 heavy (non-hydrogen) atoms. The van der Waals surface area contributed by atoms with E-state index >= 15 is 0 Å². The van der Waals surface area contributed by atoms with Crippen LogP contribution in [-0.2, 0) is 28.6 Å². The molecule has 3 aliphatic heterocycles. The van der Waals surface area contributed by atoms with Crippen LogP contribution in [0.2, 0.25) is 0 Å². The van der Waals surface area contributed by atoms with Gasteiger partial charge in [-0.05, 0) is 104 Å². The van der Waals surface area contributed by atoms with Crippen LogP contribution in [0, 0.1) is 5.92 Å². The van der Waals surface area contributed by atoms with E-state index in [0.29, 0.717) is 38.5 Å². The number of piperidine rings is 3. The van der Waals surface area contributed by atoms with E-state index in [4.69, 9.17) is 14.2 Å². The van der Waals surface area contributed by atoms with E-state index in [9.17, 15) is 14.4 Å². The fourth-order valence-electron chi connectivity index (χ4n) is 8.07. The van der Waals surface area contributed by atoms with Gasteiger partial charge in [-0.2, -0.15) is 0 Å². The number of carbonyl (C=O) groups excluding carboxylic acids is 3. The van der Waals surface area contributed by atoms with E-state index in [0.717, 1.165) is 0 Å². The van der Waals surface area contributed by atoms with E-state index in [1.54, 1.807) is 0 Å². The summed E-state index contributed by atoms with van der Waals surface area (Å²) in [5, 5.41) is 0. The average Bonchev–Trinajstić information content (AvgIpc) is 2.78. The molecule has 0 bridgehead atoms. The van der Waals surface area contributed by atoms with Crippen molar-refractivity contribution in [3.8, 4) is 0 Å². The minimum Gasteiger partial charge on any atom is -0.461 e. The van der Waals surface area contributed by atoms with E-state index in [2.05, 4.69) is 119 Å². The third-order valence-electron chi connectivity index (χ3n) is 11.4. The summed E-state index contributed by atoms with van der Waals surface area (Å²) in [7, 11) is 6.22.